The molecule has 7 N–H and O–H groups in total. The highest BCUT2D eigenvalue weighted by Gasteiger charge is 2.53. The molecule has 2 aromatic carbocycles. The number of aliphatic hydroxyl groups is 7. The van der Waals surface area contributed by atoms with Crippen molar-refractivity contribution in [3.05, 3.63) is 41.5 Å². The topological polar surface area (TPSA) is 234 Å². The van der Waals surface area contributed by atoms with Crippen molar-refractivity contribution in [1.82, 2.24) is 0 Å². The molecule has 17 heteroatoms. The number of hydrogen-bond donors (Lipinski definition) is 7. The van der Waals surface area contributed by atoms with E-state index in [0.717, 1.165) is 5.56 Å². The maximum absolute atomic E-state index is 11.2. The van der Waals surface area contributed by atoms with E-state index in [1.807, 2.05) is 18.2 Å². The minimum atomic E-state index is -1.79. The Morgan fingerprint density at radius 3 is 1.96 bits per heavy atom. The summed E-state index contributed by atoms with van der Waals surface area (Å²) in [7, 11) is 0. The van der Waals surface area contributed by atoms with E-state index in [1.54, 1.807) is 12.1 Å². The fourth-order valence-electron chi connectivity index (χ4n) is 7.34. The highest BCUT2D eigenvalue weighted by Crippen LogP contribution is 2.54. The van der Waals surface area contributed by atoms with Crippen LogP contribution in [-0.2, 0) is 23.7 Å². The van der Waals surface area contributed by atoms with Crippen LogP contribution in [0.3, 0.4) is 0 Å². The van der Waals surface area contributed by atoms with Gasteiger partial charge in [0.2, 0.25) is 19.9 Å². The minimum Gasteiger partial charge on any atom is -0.461 e. The lowest BCUT2D eigenvalue weighted by molar-refractivity contribution is -0.352. The Morgan fingerprint density at radius 2 is 1.22 bits per heavy atom. The second-order valence-electron chi connectivity index (χ2n) is 12.8. The Bertz CT molecular complexity index is 1500. The van der Waals surface area contributed by atoms with Crippen molar-refractivity contribution < 1.29 is 83.1 Å². The minimum absolute atomic E-state index is 0.0129. The summed E-state index contributed by atoms with van der Waals surface area (Å²) >= 11 is 0. The molecule has 0 amide bonds. The summed E-state index contributed by atoms with van der Waals surface area (Å²) in [6.45, 7) is -0.508. The highest BCUT2D eigenvalue weighted by atomic mass is 16.7. The first-order valence-electron chi connectivity index (χ1n) is 16.1. The zero-order valence-corrected chi connectivity index (χ0v) is 25.9. The van der Waals surface area contributed by atoms with Crippen molar-refractivity contribution in [2.75, 3.05) is 40.0 Å². The molecular weight excluding hydrogens is 656 g/mol. The van der Waals surface area contributed by atoms with E-state index >= 15 is 0 Å². The van der Waals surface area contributed by atoms with Crippen molar-refractivity contribution >= 4 is 0 Å². The van der Waals surface area contributed by atoms with Crippen LogP contribution in [0.1, 0.15) is 23.3 Å². The smallest absolute Gasteiger partial charge is 0.231 e. The van der Waals surface area contributed by atoms with Gasteiger partial charge in [0, 0.05) is 23.5 Å². The maximum atomic E-state index is 11.2. The van der Waals surface area contributed by atoms with Crippen LogP contribution in [0.4, 0.5) is 0 Å². The molecule has 0 spiro atoms. The Morgan fingerprint density at radius 1 is 0.612 bits per heavy atom. The van der Waals surface area contributed by atoms with Gasteiger partial charge in [-0.3, -0.25) is 0 Å². The summed E-state index contributed by atoms with van der Waals surface area (Å²) in [5.41, 5.74) is 1.50. The lowest BCUT2D eigenvalue weighted by Gasteiger charge is -2.46. The highest BCUT2D eigenvalue weighted by molar-refractivity contribution is 5.53. The molecule has 0 saturated carbocycles. The van der Waals surface area contributed by atoms with Crippen molar-refractivity contribution in [2.45, 2.75) is 73.6 Å². The normalized spacial score (nSPS) is 40.8. The lowest BCUT2D eigenvalue weighted by atomic mass is 9.84. The van der Waals surface area contributed by atoms with Crippen LogP contribution in [0.2, 0.25) is 0 Å². The lowest BCUT2D eigenvalue weighted by Crippen LogP contribution is -2.65. The molecule has 49 heavy (non-hydrogen) atoms. The predicted octanol–water partition coefficient (Wildman–Crippen LogP) is -1.78. The molecule has 4 saturated heterocycles. The Hall–Kier alpha value is -3.04. The van der Waals surface area contributed by atoms with Crippen LogP contribution in [0.5, 0.6) is 28.7 Å². The number of hydrogen-bond acceptors (Lipinski definition) is 17. The second kappa shape index (κ2) is 13.3. The summed E-state index contributed by atoms with van der Waals surface area (Å²) in [6, 6.07) is 9.03. The third-order valence-electron chi connectivity index (χ3n) is 10.0. The molecule has 8 rings (SSSR count). The van der Waals surface area contributed by atoms with Crippen molar-refractivity contribution in [2.24, 2.45) is 11.8 Å². The molecule has 0 aliphatic carbocycles. The fraction of sp³-hybridized carbons (Fsp3) is 0.625. The van der Waals surface area contributed by atoms with Crippen LogP contribution in [0.15, 0.2) is 30.3 Å². The van der Waals surface area contributed by atoms with Gasteiger partial charge in [-0.1, -0.05) is 6.07 Å². The molecule has 14 atom stereocenters. The molecule has 17 nitrogen and oxygen atoms in total. The van der Waals surface area contributed by atoms with Crippen molar-refractivity contribution in [3.8, 4) is 28.7 Å². The second-order valence-corrected chi connectivity index (χ2v) is 12.8. The third-order valence-corrected chi connectivity index (χ3v) is 10.0. The van der Waals surface area contributed by atoms with E-state index in [4.69, 9.17) is 47.4 Å². The number of aliphatic hydroxyl groups excluding tert-OH is 7. The van der Waals surface area contributed by atoms with E-state index in [1.165, 1.54) is 0 Å². The average Bonchev–Trinajstić information content (AvgIpc) is 3.92. The quantitative estimate of drug-likeness (QED) is 0.162. The van der Waals surface area contributed by atoms with Gasteiger partial charge < -0.3 is 83.1 Å². The van der Waals surface area contributed by atoms with Gasteiger partial charge in [0.25, 0.3) is 0 Å². The van der Waals surface area contributed by atoms with E-state index in [9.17, 15) is 35.7 Å². The van der Waals surface area contributed by atoms with Crippen LogP contribution >= 0.6 is 0 Å². The number of fused-ring (bicyclic) bond motifs is 3. The molecule has 6 heterocycles. The summed E-state index contributed by atoms with van der Waals surface area (Å²) in [4.78, 5) is 0. The van der Waals surface area contributed by atoms with Crippen LogP contribution in [0.25, 0.3) is 0 Å². The number of rotatable bonds is 8. The van der Waals surface area contributed by atoms with Crippen LogP contribution in [0, 0.1) is 11.8 Å². The van der Waals surface area contributed by atoms with Gasteiger partial charge in [0.1, 0.15) is 54.6 Å². The summed E-state index contributed by atoms with van der Waals surface area (Å²) in [6.07, 6.45) is -16.7. The third kappa shape index (κ3) is 5.77. The SMILES string of the molecule is OC[C@H]1O[C@@H](O[C@H]2[C@H](O)[C@@H](O)[C@H](Oc3cc4c(cc3C3OCC5C(c6ccc7c(c6)OCO7)OCC35)OCO4)O[C@@H]2CO)[C@H](O)[C@@H](O)[C@@H]1O. The van der Waals surface area contributed by atoms with Gasteiger partial charge in [-0.25, -0.2) is 0 Å². The molecule has 268 valence electrons. The summed E-state index contributed by atoms with van der Waals surface area (Å²) in [5.74, 6) is 2.27. The molecular formula is C32H38O17. The number of ether oxygens (including phenoxy) is 10. The zero-order chi connectivity index (χ0) is 34.0. The van der Waals surface area contributed by atoms with Crippen LogP contribution < -0.4 is 23.7 Å². The van der Waals surface area contributed by atoms with Gasteiger partial charge >= 0.3 is 0 Å². The van der Waals surface area contributed by atoms with Crippen LogP contribution in [-0.4, -0.2) is 137 Å². The molecule has 0 radical (unpaired) electrons. The monoisotopic (exact) mass is 694 g/mol. The summed E-state index contributed by atoms with van der Waals surface area (Å²) < 4.78 is 58.0. The van der Waals surface area contributed by atoms with Crippen molar-refractivity contribution in [3.63, 3.8) is 0 Å². The van der Waals surface area contributed by atoms with Gasteiger partial charge in [-0.05, 0) is 23.8 Å². The molecule has 2 aromatic rings. The standard InChI is InChI=1S/C32H38O17/c33-6-21-23(35)24(36)26(38)32(47-21)49-30-22(7-34)48-31(27(39)25(30)37)46-17-5-20-19(44-11-45-20)4-13(17)29-15-9-40-28(14(15)8-41-29)12-1-2-16-18(3-12)43-10-42-16/h1-5,14-15,21-39H,6-11H2/t14?,15?,21-,22-,23-,24+,25-,26-,27-,28?,29?,30-,31-,32+/m1/s1. The van der Waals surface area contributed by atoms with Gasteiger partial charge in [-0.2, -0.15) is 0 Å². The molecule has 4 unspecified atom stereocenters. The van der Waals surface area contributed by atoms with Gasteiger partial charge in [0.05, 0.1) is 38.6 Å². The number of benzene rings is 2. The average molecular weight is 695 g/mol. The van der Waals surface area contributed by atoms with Gasteiger partial charge in [-0.15, -0.1) is 0 Å². The van der Waals surface area contributed by atoms with E-state index < -0.39 is 80.7 Å². The predicted molar refractivity (Wildman–Crippen MR) is 157 cm³/mol. The largest absolute Gasteiger partial charge is 0.461 e. The molecule has 4 fully saturated rings. The van der Waals surface area contributed by atoms with E-state index in [2.05, 4.69) is 0 Å². The first kappa shape index (κ1) is 33.1. The Balaban J connectivity index is 1.01. The zero-order valence-electron chi connectivity index (χ0n) is 25.9. The molecule has 6 aliphatic rings. The first-order chi connectivity index (χ1) is 23.7. The Kier molecular flexibility index (Phi) is 8.96. The van der Waals surface area contributed by atoms with E-state index in [0.29, 0.717) is 41.8 Å². The molecule has 0 aromatic heterocycles. The first-order valence-corrected chi connectivity index (χ1v) is 16.1. The molecule has 0 bridgehead atoms. The van der Waals surface area contributed by atoms with Crippen molar-refractivity contribution in [1.29, 1.82) is 0 Å². The fourth-order valence-corrected chi connectivity index (χ4v) is 7.34. The van der Waals surface area contributed by atoms with E-state index in [-0.39, 0.29) is 37.3 Å². The Labute approximate surface area is 278 Å². The summed E-state index contributed by atoms with van der Waals surface area (Å²) in [5, 5.41) is 72.7. The van der Waals surface area contributed by atoms with Gasteiger partial charge in [0.15, 0.2) is 29.3 Å². The molecule has 6 aliphatic heterocycles. The maximum Gasteiger partial charge on any atom is 0.231 e.